The van der Waals surface area contributed by atoms with Crippen molar-refractivity contribution in [3.8, 4) is 11.8 Å². The average Bonchev–Trinajstić information content (AvgIpc) is 2.85. The van der Waals surface area contributed by atoms with Gasteiger partial charge < -0.3 is 10.1 Å². The molecule has 19 heavy (non-hydrogen) atoms. The second kappa shape index (κ2) is 5.70. The number of benzene rings is 1. The van der Waals surface area contributed by atoms with Crippen molar-refractivity contribution in [1.29, 1.82) is 5.26 Å². The van der Waals surface area contributed by atoms with E-state index in [2.05, 4.69) is 11.4 Å². The number of nitrogens with one attached hydrogen (secondary N) is 1. The molecule has 1 amide bonds. The Hall–Kier alpha value is -2.09. The lowest BCUT2D eigenvalue weighted by molar-refractivity contribution is 0.0928. The molecule has 1 aliphatic rings. The molecule has 0 radical (unpaired) electrons. The van der Waals surface area contributed by atoms with Crippen molar-refractivity contribution in [3.63, 3.8) is 0 Å². The van der Waals surface area contributed by atoms with Crippen LogP contribution >= 0.6 is 0 Å². The molecule has 1 aromatic carbocycles. The zero-order valence-electron chi connectivity index (χ0n) is 10.6. The second-order valence-electron chi connectivity index (χ2n) is 4.59. The Labute approximate surface area is 111 Å². The number of methoxy groups -OCH3 is 1. The molecule has 0 bridgehead atoms. The molecule has 2 unspecified atom stereocenters. The Morgan fingerprint density at radius 2 is 2.32 bits per heavy atom. The average molecular weight is 262 g/mol. The van der Waals surface area contributed by atoms with E-state index in [4.69, 9.17) is 10.00 Å². The Kier molecular flexibility index (Phi) is 4.00. The first-order valence-corrected chi connectivity index (χ1v) is 6.19. The fraction of sp³-hybridized carbons (Fsp3) is 0.429. The summed E-state index contributed by atoms with van der Waals surface area (Å²) in [5, 5.41) is 11.7. The van der Waals surface area contributed by atoms with Gasteiger partial charge in [-0.25, -0.2) is 4.39 Å². The van der Waals surface area contributed by atoms with Crippen molar-refractivity contribution in [2.24, 2.45) is 5.92 Å². The maximum atomic E-state index is 13.7. The Morgan fingerprint density at radius 3 is 2.95 bits per heavy atom. The third-order valence-corrected chi connectivity index (χ3v) is 3.42. The third-order valence-electron chi connectivity index (χ3n) is 3.42. The number of nitriles is 1. The van der Waals surface area contributed by atoms with Crippen molar-refractivity contribution in [2.45, 2.75) is 25.3 Å². The standard InChI is InChI=1S/C14H15FN2O2/c1-19-10-5-6-11(12(15)7-10)14(18)17-13-4-2-3-9(13)8-16/h5-7,9,13H,2-4H2,1H3,(H,17,18). The van der Waals surface area contributed by atoms with E-state index in [1.165, 1.54) is 25.3 Å². The van der Waals surface area contributed by atoms with Gasteiger partial charge in [0, 0.05) is 12.1 Å². The van der Waals surface area contributed by atoms with Gasteiger partial charge in [-0.05, 0) is 31.4 Å². The zero-order valence-corrected chi connectivity index (χ0v) is 10.6. The highest BCUT2D eigenvalue weighted by atomic mass is 19.1. The van der Waals surface area contributed by atoms with Crippen molar-refractivity contribution in [1.82, 2.24) is 5.32 Å². The molecule has 0 aliphatic heterocycles. The van der Waals surface area contributed by atoms with E-state index in [1.807, 2.05) is 0 Å². The molecule has 4 nitrogen and oxygen atoms in total. The maximum Gasteiger partial charge on any atom is 0.254 e. The SMILES string of the molecule is COc1ccc(C(=O)NC2CCCC2C#N)c(F)c1. The fourth-order valence-electron chi connectivity index (χ4n) is 2.34. The maximum absolute atomic E-state index is 13.7. The molecule has 5 heteroatoms. The van der Waals surface area contributed by atoms with Gasteiger partial charge >= 0.3 is 0 Å². The second-order valence-corrected chi connectivity index (χ2v) is 4.59. The van der Waals surface area contributed by atoms with E-state index in [9.17, 15) is 9.18 Å². The monoisotopic (exact) mass is 262 g/mol. The lowest BCUT2D eigenvalue weighted by atomic mass is 10.1. The van der Waals surface area contributed by atoms with Crippen LogP contribution in [0.15, 0.2) is 18.2 Å². The quantitative estimate of drug-likeness (QED) is 0.908. The number of halogens is 1. The normalized spacial score (nSPS) is 21.7. The summed E-state index contributed by atoms with van der Waals surface area (Å²) in [6, 6.07) is 6.09. The van der Waals surface area contributed by atoms with E-state index >= 15 is 0 Å². The van der Waals surface area contributed by atoms with Gasteiger partial charge in [0.05, 0.1) is 24.7 Å². The topological polar surface area (TPSA) is 62.1 Å². The first-order valence-electron chi connectivity index (χ1n) is 6.19. The van der Waals surface area contributed by atoms with Crippen LogP contribution in [0.1, 0.15) is 29.6 Å². The predicted molar refractivity (Wildman–Crippen MR) is 67.2 cm³/mol. The summed E-state index contributed by atoms with van der Waals surface area (Å²) >= 11 is 0. The highest BCUT2D eigenvalue weighted by Crippen LogP contribution is 2.25. The molecule has 1 fully saturated rings. The Morgan fingerprint density at radius 1 is 1.53 bits per heavy atom. The summed E-state index contributed by atoms with van der Waals surface area (Å²) in [4.78, 5) is 12.0. The third kappa shape index (κ3) is 2.84. The van der Waals surface area contributed by atoms with E-state index in [-0.39, 0.29) is 17.5 Å². The molecule has 0 heterocycles. The zero-order chi connectivity index (χ0) is 13.8. The number of nitrogens with zero attached hydrogens (tertiary/aromatic N) is 1. The smallest absolute Gasteiger partial charge is 0.254 e. The van der Waals surface area contributed by atoms with Crippen LogP contribution in [0.25, 0.3) is 0 Å². The van der Waals surface area contributed by atoms with Crippen molar-refractivity contribution in [2.75, 3.05) is 7.11 Å². The number of hydrogen-bond acceptors (Lipinski definition) is 3. The lowest BCUT2D eigenvalue weighted by Gasteiger charge is -2.16. The summed E-state index contributed by atoms with van der Waals surface area (Å²) in [6.45, 7) is 0. The Balaban J connectivity index is 2.10. The molecule has 100 valence electrons. The molecule has 0 aromatic heterocycles. The van der Waals surface area contributed by atoms with Gasteiger partial charge in [-0.15, -0.1) is 0 Å². The van der Waals surface area contributed by atoms with E-state index in [0.29, 0.717) is 5.75 Å². The number of hydrogen-bond donors (Lipinski definition) is 1. The summed E-state index contributed by atoms with van der Waals surface area (Å²) in [7, 11) is 1.44. The molecule has 1 aliphatic carbocycles. The molecule has 0 spiro atoms. The van der Waals surface area contributed by atoms with Crippen LogP contribution in [0.2, 0.25) is 0 Å². The molecule has 2 atom stereocenters. The van der Waals surface area contributed by atoms with Crippen LogP contribution in [-0.2, 0) is 0 Å². The van der Waals surface area contributed by atoms with Crippen LogP contribution in [-0.4, -0.2) is 19.1 Å². The van der Waals surface area contributed by atoms with Gasteiger partial charge in [-0.2, -0.15) is 5.26 Å². The first-order chi connectivity index (χ1) is 9.15. The number of ether oxygens (including phenoxy) is 1. The molecular weight excluding hydrogens is 247 g/mol. The number of carbonyl (C=O) groups excluding carboxylic acids is 1. The van der Waals surface area contributed by atoms with Crippen molar-refractivity contribution >= 4 is 5.91 Å². The van der Waals surface area contributed by atoms with E-state index in [1.54, 1.807) is 0 Å². The molecule has 1 saturated carbocycles. The van der Waals surface area contributed by atoms with Gasteiger partial charge in [0.2, 0.25) is 0 Å². The minimum Gasteiger partial charge on any atom is -0.497 e. The summed E-state index contributed by atoms with van der Waals surface area (Å²) < 4.78 is 18.6. The van der Waals surface area contributed by atoms with Gasteiger partial charge in [0.15, 0.2) is 0 Å². The number of rotatable bonds is 3. The van der Waals surface area contributed by atoms with Crippen molar-refractivity contribution in [3.05, 3.63) is 29.6 Å². The summed E-state index contributed by atoms with van der Waals surface area (Å²) in [6.07, 6.45) is 2.46. The molecule has 1 aromatic rings. The molecule has 1 N–H and O–H groups in total. The fourth-order valence-corrected chi connectivity index (χ4v) is 2.34. The van der Waals surface area contributed by atoms with Crippen LogP contribution in [0.3, 0.4) is 0 Å². The number of amides is 1. The lowest BCUT2D eigenvalue weighted by Crippen LogP contribution is -2.37. The molecule has 2 rings (SSSR count). The van der Waals surface area contributed by atoms with E-state index in [0.717, 1.165) is 19.3 Å². The number of carbonyl (C=O) groups is 1. The largest absolute Gasteiger partial charge is 0.497 e. The van der Waals surface area contributed by atoms with Crippen LogP contribution < -0.4 is 10.1 Å². The molecular formula is C14H15FN2O2. The van der Waals surface area contributed by atoms with Crippen LogP contribution in [0.4, 0.5) is 4.39 Å². The first kappa shape index (κ1) is 13.3. The van der Waals surface area contributed by atoms with Gasteiger partial charge in [0.1, 0.15) is 11.6 Å². The molecule has 0 saturated heterocycles. The van der Waals surface area contributed by atoms with Crippen LogP contribution in [0, 0.1) is 23.1 Å². The summed E-state index contributed by atoms with van der Waals surface area (Å²) in [5.41, 5.74) is -0.0237. The Bertz CT molecular complexity index is 525. The minimum absolute atomic E-state index is 0.0237. The predicted octanol–water partition coefficient (Wildman–Crippen LogP) is 2.26. The van der Waals surface area contributed by atoms with Gasteiger partial charge in [-0.1, -0.05) is 0 Å². The van der Waals surface area contributed by atoms with Gasteiger partial charge in [-0.3, -0.25) is 4.79 Å². The van der Waals surface area contributed by atoms with Crippen LogP contribution in [0.5, 0.6) is 5.75 Å². The highest BCUT2D eigenvalue weighted by molar-refractivity contribution is 5.94. The summed E-state index contributed by atoms with van der Waals surface area (Å²) in [5.74, 6) is -0.911. The minimum atomic E-state index is -0.622. The van der Waals surface area contributed by atoms with Crippen molar-refractivity contribution < 1.29 is 13.9 Å². The van der Waals surface area contributed by atoms with Gasteiger partial charge in [0.25, 0.3) is 5.91 Å². The highest BCUT2D eigenvalue weighted by Gasteiger charge is 2.29. The van der Waals surface area contributed by atoms with E-state index < -0.39 is 11.7 Å².